The number of rotatable bonds is 6. The summed E-state index contributed by atoms with van der Waals surface area (Å²) < 4.78 is 0. The molecule has 0 aromatic heterocycles. The van der Waals surface area contributed by atoms with Gasteiger partial charge in [-0.2, -0.15) is 0 Å². The summed E-state index contributed by atoms with van der Waals surface area (Å²) in [4.78, 5) is 0. The highest BCUT2D eigenvalue weighted by Crippen LogP contribution is 2.28. The van der Waals surface area contributed by atoms with Crippen LogP contribution in [0.1, 0.15) is 73.1 Å². The monoisotopic (exact) mass is 183 g/mol. The third kappa shape index (κ3) is 8.33. The van der Waals surface area contributed by atoms with Gasteiger partial charge < -0.3 is 0 Å². The Morgan fingerprint density at radius 1 is 1.00 bits per heavy atom. The lowest BCUT2D eigenvalue weighted by Crippen LogP contribution is -2.07. The van der Waals surface area contributed by atoms with Crippen molar-refractivity contribution >= 4 is 0 Å². The van der Waals surface area contributed by atoms with Crippen LogP contribution in [0.5, 0.6) is 0 Å². The Bertz CT molecular complexity index is 108. The second kappa shape index (κ2) is 6.45. The van der Waals surface area contributed by atoms with Crippen molar-refractivity contribution in [3.63, 3.8) is 0 Å². The molecular weight excluding hydrogens is 156 g/mol. The van der Waals surface area contributed by atoms with Gasteiger partial charge in [-0.1, -0.05) is 47.5 Å². The summed E-state index contributed by atoms with van der Waals surface area (Å²) in [6.45, 7) is 11.6. The Labute approximate surface area is 85.1 Å². The van der Waals surface area contributed by atoms with Gasteiger partial charge >= 0.3 is 0 Å². The quantitative estimate of drug-likeness (QED) is 0.544. The van der Waals surface area contributed by atoms with E-state index >= 15 is 0 Å². The molecular formula is C13H27. The molecule has 0 aromatic carbocycles. The second-order valence-corrected chi connectivity index (χ2v) is 5.27. The van der Waals surface area contributed by atoms with E-state index in [4.69, 9.17) is 0 Å². The zero-order chi connectivity index (χ0) is 10.3. The zero-order valence-corrected chi connectivity index (χ0v) is 10.2. The second-order valence-electron chi connectivity index (χ2n) is 5.27. The molecule has 0 fully saturated rings. The Morgan fingerprint density at radius 2 is 1.62 bits per heavy atom. The molecule has 0 aliphatic carbocycles. The molecule has 0 rings (SSSR count). The van der Waals surface area contributed by atoms with E-state index in [1.54, 1.807) is 5.92 Å². The van der Waals surface area contributed by atoms with Crippen LogP contribution in [-0.4, -0.2) is 0 Å². The first-order valence-electron chi connectivity index (χ1n) is 5.83. The molecule has 0 amide bonds. The molecule has 13 heavy (non-hydrogen) atoms. The lowest BCUT2D eigenvalue weighted by Gasteiger charge is -2.21. The summed E-state index contributed by atoms with van der Waals surface area (Å²) in [7, 11) is 0. The summed E-state index contributed by atoms with van der Waals surface area (Å²) in [5.41, 5.74) is 0.507. The minimum atomic E-state index is 0.507. The molecule has 1 radical (unpaired) electrons. The lowest BCUT2D eigenvalue weighted by molar-refractivity contribution is 0.362. The Balaban J connectivity index is 3.59. The van der Waals surface area contributed by atoms with Crippen LogP contribution in [0.2, 0.25) is 0 Å². The molecule has 0 heteroatoms. The Kier molecular flexibility index (Phi) is 6.45. The molecule has 0 aliphatic heterocycles. The fourth-order valence-electron chi connectivity index (χ4n) is 1.46. The molecule has 0 atom stereocenters. The van der Waals surface area contributed by atoms with E-state index in [1.807, 2.05) is 0 Å². The number of unbranched alkanes of at least 4 members (excludes halogenated alkanes) is 1. The SMILES string of the molecule is CCCC[C](CC)CCC(C)(C)C. The van der Waals surface area contributed by atoms with Crippen molar-refractivity contribution in [2.75, 3.05) is 0 Å². The number of hydrogen-bond donors (Lipinski definition) is 0. The number of hydrogen-bond acceptors (Lipinski definition) is 0. The fraction of sp³-hybridized carbons (Fsp3) is 0.923. The molecule has 0 saturated carbocycles. The minimum Gasteiger partial charge on any atom is -0.0654 e. The van der Waals surface area contributed by atoms with E-state index in [9.17, 15) is 0 Å². The first kappa shape index (κ1) is 13.0. The Morgan fingerprint density at radius 3 is 2.00 bits per heavy atom. The van der Waals surface area contributed by atoms with Crippen LogP contribution >= 0.6 is 0 Å². The maximum Gasteiger partial charge on any atom is -0.0243 e. The van der Waals surface area contributed by atoms with E-state index in [-0.39, 0.29) is 0 Å². The standard InChI is InChI=1S/C13H27/c1-6-8-9-12(7-2)10-11-13(3,4)5/h6-11H2,1-5H3. The van der Waals surface area contributed by atoms with Gasteiger partial charge in [0, 0.05) is 0 Å². The van der Waals surface area contributed by atoms with E-state index in [0.717, 1.165) is 0 Å². The fourth-order valence-corrected chi connectivity index (χ4v) is 1.46. The van der Waals surface area contributed by atoms with Gasteiger partial charge in [-0.05, 0) is 37.0 Å². The van der Waals surface area contributed by atoms with Gasteiger partial charge in [0.15, 0.2) is 0 Å². The molecule has 0 N–H and O–H groups in total. The van der Waals surface area contributed by atoms with Crippen molar-refractivity contribution in [2.45, 2.75) is 73.1 Å². The van der Waals surface area contributed by atoms with Crippen molar-refractivity contribution in [1.29, 1.82) is 0 Å². The van der Waals surface area contributed by atoms with Gasteiger partial charge in [0.05, 0.1) is 0 Å². The van der Waals surface area contributed by atoms with Gasteiger partial charge in [-0.3, -0.25) is 0 Å². The van der Waals surface area contributed by atoms with E-state index in [1.165, 1.54) is 38.5 Å². The van der Waals surface area contributed by atoms with Crippen LogP contribution in [0.3, 0.4) is 0 Å². The van der Waals surface area contributed by atoms with Crippen molar-refractivity contribution < 1.29 is 0 Å². The predicted octanol–water partition coefficient (Wildman–Crippen LogP) is 4.99. The van der Waals surface area contributed by atoms with Gasteiger partial charge in [0.2, 0.25) is 0 Å². The third-order valence-electron chi connectivity index (χ3n) is 2.61. The van der Waals surface area contributed by atoms with E-state index < -0.39 is 0 Å². The van der Waals surface area contributed by atoms with Crippen LogP contribution < -0.4 is 0 Å². The maximum atomic E-state index is 2.33. The Hall–Kier alpha value is 0. The largest absolute Gasteiger partial charge is 0.0654 e. The molecule has 0 aromatic rings. The normalized spacial score (nSPS) is 12.5. The molecule has 0 nitrogen and oxygen atoms in total. The van der Waals surface area contributed by atoms with Gasteiger partial charge in [0.1, 0.15) is 0 Å². The highest BCUT2D eigenvalue weighted by Gasteiger charge is 2.13. The maximum absolute atomic E-state index is 2.33. The van der Waals surface area contributed by atoms with Crippen molar-refractivity contribution in [3.05, 3.63) is 5.92 Å². The summed E-state index contributed by atoms with van der Waals surface area (Å²) in [6.07, 6.45) is 8.06. The molecule has 0 heterocycles. The molecule has 0 aliphatic rings. The molecule has 0 saturated heterocycles. The molecule has 0 unspecified atom stereocenters. The smallest absolute Gasteiger partial charge is 0.0243 e. The summed E-state index contributed by atoms with van der Waals surface area (Å²) in [5.74, 6) is 1.77. The van der Waals surface area contributed by atoms with Gasteiger partial charge in [0.25, 0.3) is 0 Å². The van der Waals surface area contributed by atoms with Crippen molar-refractivity contribution in [3.8, 4) is 0 Å². The van der Waals surface area contributed by atoms with Crippen molar-refractivity contribution in [1.82, 2.24) is 0 Å². The first-order valence-corrected chi connectivity index (χ1v) is 5.83. The summed E-state index contributed by atoms with van der Waals surface area (Å²) >= 11 is 0. The van der Waals surface area contributed by atoms with Gasteiger partial charge in [-0.25, -0.2) is 0 Å². The van der Waals surface area contributed by atoms with Crippen LogP contribution in [0.25, 0.3) is 0 Å². The lowest BCUT2D eigenvalue weighted by atomic mass is 9.84. The van der Waals surface area contributed by atoms with Crippen LogP contribution in [-0.2, 0) is 0 Å². The summed E-state index contributed by atoms with van der Waals surface area (Å²) in [5, 5.41) is 0. The molecule has 79 valence electrons. The minimum absolute atomic E-state index is 0.507. The molecule has 0 spiro atoms. The average molecular weight is 183 g/mol. The topological polar surface area (TPSA) is 0 Å². The average Bonchev–Trinajstić information content (AvgIpc) is 2.03. The van der Waals surface area contributed by atoms with Crippen LogP contribution in [0.4, 0.5) is 0 Å². The van der Waals surface area contributed by atoms with Crippen molar-refractivity contribution in [2.24, 2.45) is 5.41 Å². The molecule has 0 bridgehead atoms. The zero-order valence-electron chi connectivity index (χ0n) is 10.2. The highest BCUT2D eigenvalue weighted by molar-refractivity contribution is 4.88. The highest BCUT2D eigenvalue weighted by atomic mass is 14.2. The van der Waals surface area contributed by atoms with Gasteiger partial charge in [-0.15, -0.1) is 0 Å². The van der Waals surface area contributed by atoms with E-state index in [0.29, 0.717) is 5.41 Å². The van der Waals surface area contributed by atoms with Crippen LogP contribution in [0, 0.1) is 11.3 Å². The first-order chi connectivity index (χ1) is 5.99. The summed E-state index contributed by atoms with van der Waals surface area (Å²) in [6, 6.07) is 0. The van der Waals surface area contributed by atoms with E-state index in [2.05, 4.69) is 34.6 Å². The van der Waals surface area contributed by atoms with Crippen LogP contribution in [0.15, 0.2) is 0 Å². The third-order valence-corrected chi connectivity index (χ3v) is 2.61. The predicted molar refractivity (Wildman–Crippen MR) is 61.7 cm³/mol.